The van der Waals surface area contributed by atoms with E-state index in [1.807, 2.05) is 44.2 Å². The maximum Gasteiger partial charge on any atom is 0.229 e. The van der Waals surface area contributed by atoms with Crippen LogP contribution in [0.4, 0.5) is 11.4 Å². The lowest BCUT2D eigenvalue weighted by Gasteiger charge is -2.17. The van der Waals surface area contributed by atoms with E-state index < -0.39 is 0 Å². The number of hydrogen-bond donors (Lipinski definition) is 1. The molecular weight excluding hydrogens is 324 g/mol. The molecular formula is C19H19ClN2O2. The minimum atomic E-state index is -0.379. The van der Waals surface area contributed by atoms with Crippen LogP contribution >= 0.6 is 11.6 Å². The first-order chi connectivity index (χ1) is 11.4. The van der Waals surface area contributed by atoms with Crippen LogP contribution in [0, 0.1) is 19.8 Å². The molecule has 1 aliphatic rings. The number of aryl methyl sites for hydroxylation is 2. The van der Waals surface area contributed by atoms with Crippen molar-refractivity contribution in [2.75, 3.05) is 16.8 Å². The van der Waals surface area contributed by atoms with E-state index in [0.717, 1.165) is 16.8 Å². The van der Waals surface area contributed by atoms with Gasteiger partial charge in [0.15, 0.2) is 0 Å². The Hall–Kier alpha value is -2.33. The van der Waals surface area contributed by atoms with Crippen LogP contribution in [0.25, 0.3) is 0 Å². The molecule has 0 radical (unpaired) electrons. The van der Waals surface area contributed by atoms with E-state index in [1.54, 1.807) is 17.0 Å². The van der Waals surface area contributed by atoms with Crippen LogP contribution < -0.4 is 10.2 Å². The molecule has 1 aliphatic heterocycles. The number of hydrogen-bond acceptors (Lipinski definition) is 2. The van der Waals surface area contributed by atoms with Crippen LogP contribution in [-0.2, 0) is 9.59 Å². The van der Waals surface area contributed by atoms with Gasteiger partial charge >= 0.3 is 0 Å². The molecule has 24 heavy (non-hydrogen) atoms. The molecule has 1 atom stereocenters. The minimum absolute atomic E-state index is 0.0333. The Kier molecular flexibility index (Phi) is 4.58. The summed E-state index contributed by atoms with van der Waals surface area (Å²) in [6.45, 7) is 4.32. The molecule has 1 N–H and O–H groups in total. The largest absolute Gasteiger partial charge is 0.324 e. The highest BCUT2D eigenvalue weighted by atomic mass is 35.5. The minimum Gasteiger partial charge on any atom is -0.324 e. The molecule has 1 fully saturated rings. The second-order valence-electron chi connectivity index (χ2n) is 6.21. The van der Waals surface area contributed by atoms with Crippen molar-refractivity contribution in [2.45, 2.75) is 20.3 Å². The topological polar surface area (TPSA) is 49.4 Å². The van der Waals surface area contributed by atoms with Gasteiger partial charge < -0.3 is 10.2 Å². The van der Waals surface area contributed by atoms with Crippen molar-refractivity contribution < 1.29 is 9.59 Å². The number of anilines is 2. The summed E-state index contributed by atoms with van der Waals surface area (Å²) in [5.41, 5.74) is 3.57. The third kappa shape index (κ3) is 3.44. The maximum absolute atomic E-state index is 12.5. The summed E-state index contributed by atoms with van der Waals surface area (Å²) in [7, 11) is 0. The SMILES string of the molecule is Cc1ccc(N2C[C@H](C(=O)Nc3ccc(C)cc3Cl)CC2=O)cc1. The number of amides is 2. The summed E-state index contributed by atoms with van der Waals surface area (Å²) in [6.07, 6.45) is 0.211. The first kappa shape index (κ1) is 16.5. The summed E-state index contributed by atoms with van der Waals surface area (Å²) in [5, 5.41) is 3.33. The Morgan fingerprint density at radius 3 is 2.46 bits per heavy atom. The number of halogens is 1. The van der Waals surface area contributed by atoms with E-state index in [4.69, 9.17) is 11.6 Å². The Morgan fingerprint density at radius 2 is 1.79 bits per heavy atom. The Morgan fingerprint density at radius 1 is 1.12 bits per heavy atom. The van der Waals surface area contributed by atoms with Gasteiger partial charge in [0.05, 0.1) is 16.6 Å². The summed E-state index contributed by atoms with van der Waals surface area (Å²) < 4.78 is 0. The molecule has 1 heterocycles. The number of nitrogens with zero attached hydrogens (tertiary/aromatic N) is 1. The van der Waals surface area contributed by atoms with Gasteiger partial charge in [-0.25, -0.2) is 0 Å². The number of carbonyl (C=O) groups excluding carboxylic acids is 2. The Labute approximate surface area is 146 Å². The average molecular weight is 343 g/mol. The zero-order valence-electron chi connectivity index (χ0n) is 13.7. The van der Waals surface area contributed by atoms with E-state index in [2.05, 4.69) is 5.32 Å². The van der Waals surface area contributed by atoms with Gasteiger partial charge in [0.2, 0.25) is 11.8 Å². The zero-order valence-corrected chi connectivity index (χ0v) is 14.4. The normalized spacial score (nSPS) is 17.2. The Bertz CT molecular complexity index is 786. The average Bonchev–Trinajstić information content (AvgIpc) is 2.93. The number of rotatable bonds is 3. The van der Waals surface area contributed by atoms with Crippen molar-refractivity contribution in [3.8, 4) is 0 Å². The third-order valence-electron chi connectivity index (χ3n) is 4.22. The summed E-state index contributed by atoms with van der Waals surface area (Å²) in [4.78, 5) is 26.4. The molecule has 4 nitrogen and oxygen atoms in total. The van der Waals surface area contributed by atoms with Crippen molar-refractivity contribution >= 4 is 34.8 Å². The third-order valence-corrected chi connectivity index (χ3v) is 4.54. The molecule has 124 valence electrons. The molecule has 1 saturated heterocycles. The highest BCUT2D eigenvalue weighted by molar-refractivity contribution is 6.33. The lowest BCUT2D eigenvalue weighted by Crippen LogP contribution is -2.28. The van der Waals surface area contributed by atoms with Crippen LogP contribution in [0.1, 0.15) is 17.5 Å². The molecule has 0 saturated carbocycles. The lowest BCUT2D eigenvalue weighted by molar-refractivity contribution is -0.122. The fraction of sp³-hybridized carbons (Fsp3) is 0.263. The molecule has 0 aromatic heterocycles. The van der Waals surface area contributed by atoms with E-state index in [1.165, 1.54) is 0 Å². The first-order valence-electron chi connectivity index (χ1n) is 7.88. The van der Waals surface area contributed by atoms with Crippen molar-refractivity contribution in [3.05, 3.63) is 58.6 Å². The second kappa shape index (κ2) is 6.65. The van der Waals surface area contributed by atoms with Gasteiger partial charge in [-0.2, -0.15) is 0 Å². The standard InChI is InChI=1S/C19H19ClN2O2/c1-12-3-6-15(7-4-12)22-11-14(10-18(22)23)19(24)21-17-8-5-13(2)9-16(17)20/h3-9,14H,10-11H2,1-2H3,(H,21,24)/t14-/m1/s1. The molecule has 2 amide bonds. The van der Waals surface area contributed by atoms with Gasteiger partial charge in [-0.1, -0.05) is 35.4 Å². The van der Waals surface area contributed by atoms with E-state index >= 15 is 0 Å². The van der Waals surface area contributed by atoms with Gasteiger partial charge in [-0.3, -0.25) is 9.59 Å². The smallest absolute Gasteiger partial charge is 0.229 e. The van der Waals surface area contributed by atoms with Crippen molar-refractivity contribution in [2.24, 2.45) is 5.92 Å². The number of carbonyl (C=O) groups is 2. The summed E-state index contributed by atoms with van der Waals surface area (Å²) in [5.74, 6) is -0.589. The monoisotopic (exact) mass is 342 g/mol. The summed E-state index contributed by atoms with van der Waals surface area (Å²) in [6, 6.07) is 13.2. The first-order valence-corrected chi connectivity index (χ1v) is 8.26. The second-order valence-corrected chi connectivity index (χ2v) is 6.62. The van der Waals surface area contributed by atoms with Crippen molar-refractivity contribution in [1.29, 1.82) is 0 Å². The van der Waals surface area contributed by atoms with E-state index in [-0.39, 0.29) is 24.2 Å². The fourth-order valence-corrected chi connectivity index (χ4v) is 3.10. The molecule has 0 unspecified atom stereocenters. The zero-order chi connectivity index (χ0) is 17.3. The lowest BCUT2D eigenvalue weighted by atomic mass is 10.1. The van der Waals surface area contributed by atoms with Gasteiger partial charge in [0, 0.05) is 18.7 Å². The fourth-order valence-electron chi connectivity index (χ4n) is 2.81. The number of benzene rings is 2. The van der Waals surface area contributed by atoms with E-state index in [9.17, 15) is 9.59 Å². The van der Waals surface area contributed by atoms with Crippen LogP contribution in [0.3, 0.4) is 0 Å². The van der Waals surface area contributed by atoms with Crippen LogP contribution in [0.2, 0.25) is 5.02 Å². The van der Waals surface area contributed by atoms with Gasteiger partial charge in [-0.05, 0) is 43.7 Å². The van der Waals surface area contributed by atoms with Gasteiger partial charge in [-0.15, -0.1) is 0 Å². The van der Waals surface area contributed by atoms with Gasteiger partial charge in [0.1, 0.15) is 0 Å². The predicted octanol–water partition coefficient (Wildman–Crippen LogP) is 3.95. The van der Waals surface area contributed by atoms with Gasteiger partial charge in [0.25, 0.3) is 0 Å². The molecule has 0 aliphatic carbocycles. The van der Waals surface area contributed by atoms with Crippen LogP contribution in [-0.4, -0.2) is 18.4 Å². The number of nitrogens with one attached hydrogen (secondary N) is 1. The van der Waals surface area contributed by atoms with E-state index in [0.29, 0.717) is 17.3 Å². The molecule has 0 spiro atoms. The summed E-state index contributed by atoms with van der Waals surface area (Å²) >= 11 is 6.16. The van der Waals surface area contributed by atoms with Crippen molar-refractivity contribution in [1.82, 2.24) is 0 Å². The molecule has 5 heteroatoms. The van der Waals surface area contributed by atoms with Crippen molar-refractivity contribution in [3.63, 3.8) is 0 Å². The predicted molar refractivity (Wildman–Crippen MR) is 96.5 cm³/mol. The Balaban J connectivity index is 1.70. The molecule has 2 aromatic carbocycles. The van der Waals surface area contributed by atoms with Crippen LogP contribution in [0.5, 0.6) is 0 Å². The highest BCUT2D eigenvalue weighted by Crippen LogP contribution is 2.28. The highest BCUT2D eigenvalue weighted by Gasteiger charge is 2.35. The molecule has 3 rings (SSSR count). The molecule has 2 aromatic rings. The molecule has 0 bridgehead atoms. The van der Waals surface area contributed by atoms with Crippen LogP contribution in [0.15, 0.2) is 42.5 Å². The quantitative estimate of drug-likeness (QED) is 0.918. The maximum atomic E-state index is 12.5.